The summed E-state index contributed by atoms with van der Waals surface area (Å²) < 4.78 is 11.4. The molecule has 0 radical (unpaired) electrons. The van der Waals surface area contributed by atoms with Gasteiger partial charge in [0.25, 0.3) is 0 Å². The Kier molecular flexibility index (Phi) is 4.80. The lowest BCUT2D eigenvalue weighted by molar-refractivity contribution is 0.0972. The molecule has 1 fully saturated rings. The number of amides is 2. The quantitative estimate of drug-likeness (QED) is 0.904. The molecule has 1 aliphatic carbocycles. The number of aryl methyl sites for hydroxylation is 1. The van der Waals surface area contributed by atoms with Gasteiger partial charge in [-0.2, -0.15) is 0 Å². The molecule has 23 heavy (non-hydrogen) atoms. The maximum Gasteiger partial charge on any atom is 0.321 e. The number of benzene rings is 1. The summed E-state index contributed by atoms with van der Waals surface area (Å²) in [6, 6.07) is 5.54. The lowest BCUT2D eigenvalue weighted by Gasteiger charge is -2.31. The second-order valence-corrected chi connectivity index (χ2v) is 7.97. The van der Waals surface area contributed by atoms with Gasteiger partial charge in [-0.15, -0.1) is 0 Å². The van der Waals surface area contributed by atoms with Gasteiger partial charge in [-0.3, -0.25) is 9.00 Å². The summed E-state index contributed by atoms with van der Waals surface area (Å²) in [4.78, 5) is 26.1. The molecule has 2 amide bonds. The van der Waals surface area contributed by atoms with E-state index in [0.29, 0.717) is 23.6 Å². The first kappa shape index (κ1) is 16.2. The van der Waals surface area contributed by atoms with E-state index in [1.54, 1.807) is 18.0 Å². The molecule has 0 atom stereocenters. The predicted molar refractivity (Wildman–Crippen MR) is 91.4 cm³/mol. The van der Waals surface area contributed by atoms with Gasteiger partial charge in [-0.1, -0.05) is 6.07 Å². The van der Waals surface area contributed by atoms with Crippen LogP contribution < -0.4 is 5.32 Å². The number of Topliss-reactive ketones (excluding diaryl/α,β-unsaturated/α-hetero) is 1. The molecule has 0 unspecified atom stereocenters. The fourth-order valence-electron chi connectivity index (χ4n) is 3.25. The van der Waals surface area contributed by atoms with Crippen molar-refractivity contribution in [1.82, 2.24) is 4.90 Å². The molecule has 6 heteroatoms. The van der Waals surface area contributed by atoms with Crippen LogP contribution in [0, 0.1) is 0 Å². The molecule has 1 heterocycles. The summed E-state index contributed by atoms with van der Waals surface area (Å²) in [5, 5.41) is 2.88. The number of hydrogen-bond donors (Lipinski definition) is 1. The first-order valence-corrected chi connectivity index (χ1v) is 9.58. The zero-order valence-electron chi connectivity index (χ0n) is 13.3. The van der Waals surface area contributed by atoms with Gasteiger partial charge in [0.15, 0.2) is 5.78 Å². The van der Waals surface area contributed by atoms with Gasteiger partial charge in [-0.05, 0) is 43.4 Å². The normalized spacial score (nSPS) is 24.0. The van der Waals surface area contributed by atoms with Gasteiger partial charge < -0.3 is 10.2 Å². The second kappa shape index (κ2) is 6.83. The molecular weight excluding hydrogens is 312 g/mol. The number of nitrogens with one attached hydrogen (secondary N) is 1. The van der Waals surface area contributed by atoms with Crippen LogP contribution in [0.25, 0.3) is 0 Å². The van der Waals surface area contributed by atoms with E-state index in [0.717, 1.165) is 36.8 Å². The minimum Gasteiger partial charge on any atom is -0.325 e. The van der Waals surface area contributed by atoms with E-state index in [-0.39, 0.29) is 17.9 Å². The van der Waals surface area contributed by atoms with Gasteiger partial charge in [-0.25, -0.2) is 4.79 Å². The van der Waals surface area contributed by atoms with E-state index in [9.17, 15) is 13.8 Å². The SMILES string of the molecule is CN(C(=O)Nc1ccc2c(c1)C(=O)CCC2)C1CCS(=O)CC1. The number of carbonyl (C=O) groups excluding carboxylic acids is 2. The standard InChI is InChI=1S/C17H22N2O3S/c1-19(14-7-9-23(22)10-8-14)17(21)18-13-6-5-12-3-2-4-16(20)15(12)11-13/h5-6,11,14H,2-4,7-10H2,1H3,(H,18,21). The number of anilines is 1. The van der Waals surface area contributed by atoms with Gasteiger partial charge in [0.1, 0.15) is 0 Å². The van der Waals surface area contributed by atoms with Crippen molar-refractivity contribution in [2.45, 2.75) is 38.1 Å². The number of nitrogens with zero attached hydrogens (tertiary/aromatic N) is 1. The summed E-state index contributed by atoms with van der Waals surface area (Å²) >= 11 is 0. The molecular formula is C17H22N2O3S. The first-order chi connectivity index (χ1) is 11.0. The monoisotopic (exact) mass is 334 g/mol. The zero-order valence-corrected chi connectivity index (χ0v) is 14.2. The van der Waals surface area contributed by atoms with Crippen LogP contribution in [-0.4, -0.2) is 45.5 Å². The highest BCUT2D eigenvalue weighted by Crippen LogP contribution is 2.25. The van der Waals surface area contributed by atoms with Crippen LogP contribution in [0.15, 0.2) is 18.2 Å². The van der Waals surface area contributed by atoms with Crippen molar-refractivity contribution < 1.29 is 13.8 Å². The molecule has 1 saturated heterocycles. The van der Waals surface area contributed by atoms with Crippen molar-refractivity contribution in [3.63, 3.8) is 0 Å². The number of rotatable bonds is 2. The summed E-state index contributed by atoms with van der Waals surface area (Å²) in [6.07, 6.45) is 3.97. The Morgan fingerprint density at radius 2 is 2.00 bits per heavy atom. The number of carbonyl (C=O) groups is 2. The van der Waals surface area contributed by atoms with Crippen LogP contribution in [0.5, 0.6) is 0 Å². The van der Waals surface area contributed by atoms with Crippen LogP contribution in [-0.2, 0) is 17.2 Å². The van der Waals surface area contributed by atoms with Gasteiger partial charge in [0.05, 0.1) is 0 Å². The average molecular weight is 334 g/mol. The van der Waals surface area contributed by atoms with Crippen LogP contribution >= 0.6 is 0 Å². The van der Waals surface area contributed by atoms with Crippen molar-refractivity contribution in [3.8, 4) is 0 Å². The Balaban J connectivity index is 1.67. The molecule has 3 rings (SSSR count). The number of ketones is 1. The second-order valence-electron chi connectivity index (χ2n) is 6.27. The van der Waals surface area contributed by atoms with Crippen LogP contribution in [0.3, 0.4) is 0 Å². The highest BCUT2D eigenvalue weighted by atomic mass is 32.2. The predicted octanol–water partition coefficient (Wildman–Crippen LogP) is 2.58. The lowest BCUT2D eigenvalue weighted by Crippen LogP contribution is -2.43. The fraction of sp³-hybridized carbons (Fsp3) is 0.529. The van der Waals surface area contributed by atoms with Gasteiger partial charge in [0, 0.05) is 53.1 Å². The van der Waals surface area contributed by atoms with E-state index < -0.39 is 10.8 Å². The third kappa shape index (κ3) is 3.63. The Morgan fingerprint density at radius 1 is 1.26 bits per heavy atom. The molecule has 124 valence electrons. The molecule has 0 spiro atoms. The van der Waals surface area contributed by atoms with Crippen molar-refractivity contribution in [2.24, 2.45) is 0 Å². The Bertz CT molecular complexity index is 649. The smallest absolute Gasteiger partial charge is 0.321 e. The van der Waals surface area contributed by atoms with E-state index in [1.165, 1.54) is 0 Å². The molecule has 5 nitrogen and oxygen atoms in total. The number of fused-ring (bicyclic) bond motifs is 1. The molecule has 0 saturated carbocycles. The topological polar surface area (TPSA) is 66.5 Å². The fourth-order valence-corrected chi connectivity index (χ4v) is 4.53. The Morgan fingerprint density at radius 3 is 2.74 bits per heavy atom. The molecule has 2 aliphatic rings. The molecule has 1 aromatic carbocycles. The van der Waals surface area contributed by atoms with Crippen molar-refractivity contribution >= 4 is 28.3 Å². The van der Waals surface area contributed by atoms with Crippen LogP contribution in [0.1, 0.15) is 41.6 Å². The minimum atomic E-state index is -0.730. The zero-order chi connectivity index (χ0) is 16.4. The van der Waals surface area contributed by atoms with E-state index >= 15 is 0 Å². The third-order valence-corrected chi connectivity index (χ3v) is 6.12. The van der Waals surface area contributed by atoms with E-state index in [1.807, 2.05) is 12.1 Å². The van der Waals surface area contributed by atoms with Crippen molar-refractivity contribution in [3.05, 3.63) is 29.3 Å². The highest BCUT2D eigenvalue weighted by Gasteiger charge is 2.25. The van der Waals surface area contributed by atoms with Gasteiger partial charge in [0.2, 0.25) is 0 Å². The first-order valence-electron chi connectivity index (χ1n) is 8.09. The Labute approximate surface area is 138 Å². The molecule has 0 aromatic heterocycles. The van der Waals surface area contributed by atoms with E-state index in [2.05, 4.69) is 5.32 Å². The largest absolute Gasteiger partial charge is 0.325 e. The maximum atomic E-state index is 12.4. The third-order valence-electron chi connectivity index (χ3n) is 4.74. The molecule has 1 aliphatic heterocycles. The number of urea groups is 1. The van der Waals surface area contributed by atoms with E-state index in [4.69, 9.17) is 0 Å². The Hall–Kier alpha value is -1.69. The highest BCUT2D eigenvalue weighted by molar-refractivity contribution is 7.85. The molecule has 0 bridgehead atoms. The summed E-state index contributed by atoms with van der Waals surface area (Å²) in [5.41, 5.74) is 2.47. The van der Waals surface area contributed by atoms with Crippen molar-refractivity contribution in [2.75, 3.05) is 23.9 Å². The summed E-state index contributed by atoms with van der Waals surface area (Å²) in [5.74, 6) is 1.48. The molecule has 1 N–H and O–H groups in total. The lowest BCUT2D eigenvalue weighted by atomic mass is 9.90. The minimum absolute atomic E-state index is 0.131. The maximum absolute atomic E-state index is 12.4. The van der Waals surface area contributed by atoms with Crippen molar-refractivity contribution in [1.29, 1.82) is 0 Å². The molecule has 1 aromatic rings. The summed E-state index contributed by atoms with van der Waals surface area (Å²) in [6.45, 7) is 0. The van der Waals surface area contributed by atoms with Gasteiger partial charge >= 0.3 is 6.03 Å². The number of hydrogen-bond acceptors (Lipinski definition) is 3. The van der Waals surface area contributed by atoms with Crippen LogP contribution in [0.2, 0.25) is 0 Å². The average Bonchev–Trinajstić information content (AvgIpc) is 2.55. The van der Waals surface area contributed by atoms with Crippen LogP contribution in [0.4, 0.5) is 10.5 Å². The summed E-state index contributed by atoms with van der Waals surface area (Å²) in [7, 11) is 1.05.